The van der Waals surface area contributed by atoms with Crippen molar-refractivity contribution in [1.82, 2.24) is 5.32 Å². The molecule has 1 aliphatic heterocycles. The van der Waals surface area contributed by atoms with Crippen LogP contribution in [0.2, 0.25) is 0 Å². The van der Waals surface area contributed by atoms with Crippen molar-refractivity contribution in [2.45, 2.75) is 43.7 Å². The van der Waals surface area contributed by atoms with Gasteiger partial charge in [0.2, 0.25) is 0 Å². The lowest BCUT2D eigenvalue weighted by molar-refractivity contribution is -0.147. The van der Waals surface area contributed by atoms with Crippen molar-refractivity contribution in [2.75, 3.05) is 26.4 Å². The van der Waals surface area contributed by atoms with Gasteiger partial charge in [0.25, 0.3) is 5.91 Å². The topological polar surface area (TPSA) is 73.6 Å². The highest BCUT2D eigenvalue weighted by Crippen LogP contribution is 2.25. The summed E-state index contributed by atoms with van der Waals surface area (Å²) in [5, 5.41) is 2.89. The Hall–Kier alpha value is -0.650. The Morgan fingerprint density at radius 2 is 2.06 bits per heavy atom. The van der Waals surface area contributed by atoms with Crippen LogP contribution in [0.1, 0.15) is 32.1 Å². The van der Waals surface area contributed by atoms with Gasteiger partial charge < -0.3 is 20.5 Å². The SMILES string of the molecule is NC1(CNC(=O)C2COCCO2)CCCCC1. The fourth-order valence-electron chi connectivity index (χ4n) is 2.45. The third kappa shape index (κ3) is 3.66. The molecule has 1 saturated heterocycles. The maximum atomic E-state index is 11.8. The molecule has 0 spiro atoms. The number of ether oxygens (including phenoxy) is 2. The molecule has 1 atom stereocenters. The van der Waals surface area contributed by atoms with Crippen LogP contribution >= 0.6 is 0 Å². The summed E-state index contributed by atoms with van der Waals surface area (Å²) in [4.78, 5) is 11.8. The van der Waals surface area contributed by atoms with E-state index in [-0.39, 0.29) is 11.4 Å². The van der Waals surface area contributed by atoms with E-state index in [9.17, 15) is 4.79 Å². The van der Waals surface area contributed by atoms with E-state index in [2.05, 4.69) is 5.32 Å². The fraction of sp³-hybridized carbons (Fsp3) is 0.917. The zero-order chi connectivity index (χ0) is 12.1. The molecule has 2 fully saturated rings. The number of carbonyl (C=O) groups excluding carboxylic acids is 1. The minimum absolute atomic E-state index is 0.0971. The van der Waals surface area contributed by atoms with Gasteiger partial charge in [0.05, 0.1) is 19.8 Å². The molecule has 0 aromatic carbocycles. The fourth-order valence-corrected chi connectivity index (χ4v) is 2.45. The lowest BCUT2D eigenvalue weighted by Gasteiger charge is -2.34. The van der Waals surface area contributed by atoms with Gasteiger partial charge in [-0.3, -0.25) is 4.79 Å². The second-order valence-corrected chi connectivity index (χ2v) is 5.08. The number of nitrogens with one attached hydrogen (secondary N) is 1. The molecule has 1 amide bonds. The molecule has 5 heteroatoms. The van der Waals surface area contributed by atoms with Crippen molar-refractivity contribution in [2.24, 2.45) is 5.73 Å². The Morgan fingerprint density at radius 1 is 1.29 bits per heavy atom. The maximum Gasteiger partial charge on any atom is 0.251 e. The Bertz CT molecular complexity index is 258. The number of rotatable bonds is 3. The predicted molar refractivity (Wildman–Crippen MR) is 63.6 cm³/mol. The van der Waals surface area contributed by atoms with Crippen LogP contribution in [0.25, 0.3) is 0 Å². The molecule has 0 aromatic heterocycles. The summed E-state index contributed by atoms with van der Waals surface area (Å²) >= 11 is 0. The number of carbonyl (C=O) groups is 1. The zero-order valence-electron chi connectivity index (χ0n) is 10.2. The smallest absolute Gasteiger partial charge is 0.251 e. The van der Waals surface area contributed by atoms with Gasteiger partial charge in [-0.2, -0.15) is 0 Å². The van der Waals surface area contributed by atoms with E-state index < -0.39 is 6.10 Å². The van der Waals surface area contributed by atoms with Gasteiger partial charge in [0.1, 0.15) is 0 Å². The largest absolute Gasteiger partial charge is 0.376 e. The van der Waals surface area contributed by atoms with Crippen molar-refractivity contribution < 1.29 is 14.3 Å². The third-order valence-corrected chi connectivity index (χ3v) is 3.57. The predicted octanol–water partition coefficient (Wildman–Crippen LogP) is 0.180. The molecule has 0 aromatic rings. The van der Waals surface area contributed by atoms with Crippen LogP contribution < -0.4 is 11.1 Å². The molecule has 0 bridgehead atoms. The van der Waals surface area contributed by atoms with E-state index in [1.54, 1.807) is 0 Å². The number of nitrogens with two attached hydrogens (primary N) is 1. The Morgan fingerprint density at radius 3 is 2.71 bits per heavy atom. The molecule has 1 heterocycles. The molecule has 2 rings (SSSR count). The average Bonchev–Trinajstić information content (AvgIpc) is 2.38. The normalized spacial score (nSPS) is 28.6. The summed E-state index contributed by atoms with van der Waals surface area (Å²) in [6.07, 6.45) is 5.11. The van der Waals surface area contributed by atoms with Gasteiger partial charge in [-0.05, 0) is 12.8 Å². The summed E-state index contributed by atoms with van der Waals surface area (Å²) in [7, 11) is 0. The average molecular weight is 242 g/mol. The summed E-state index contributed by atoms with van der Waals surface area (Å²) in [6.45, 7) is 1.96. The molecule has 1 aliphatic carbocycles. The molecule has 3 N–H and O–H groups in total. The summed E-state index contributed by atoms with van der Waals surface area (Å²) in [5.41, 5.74) is 6.03. The van der Waals surface area contributed by atoms with Crippen LogP contribution in [-0.2, 0) is 14.3 Å². The van der Waals surface area contributed by atoms with Gasteiger partial charge in [-0.25, -0.2) is 0 Å². The van der Waals surface area contributed by atoms with Gasteiger partial charge in [0, 0.05) is 12.1 Å². The van der Waals surface area contributed by atoms with E-state index >= 15 is 0 Å². The highest BCUT2D eigenvalue weighted by atomic mass is 16.6. The molecule has 1 unspecified atom stereocenters. The first-order chi connectivity index (χ1) is 8.20. The second kappa shape index (κ2) is 5.80. The van der Waals surface area contributed by atoms with Gasteiger partial charge in [-0.15, -0.1) is 0 Å². The monoisotopic (exact) mass is 242 g/mol. The first-order valence-electron chi connectivity index (χ1n) is 6.46. The summed E-state index contributed by atoms with van der Waals surface area (Å²) in [5.74, 6) is -0.0971. The maximum absolute atomic E-state index is 11.8. The molecule has 2 aliphatic rings. The highest BCUT2D eigenvalue weighted by molar-refractivity contribution is 5.81. The van der Waals surface area contributed by atoms with E-state index in [1.807, 2.05) is 0 Å². The molecule has 0 radical (unpaired) electrons. The molecular formula is C12H22N2O3. The van der Waals surface area contributed by atoms with E-state index in [4.69, 9.17) is 15.2 Å². The molecule has 17 heavy (non-hydrogen) atoms. The van der Waals surface area contributed by atoms with E-state index in [0.717, 1.165) is 25.7 Å². The number of hydrogen-bond acceptors (Lipinski definition) is 4. The first kappa shape index (κ1) is 12.8. The van der Waals surface area contributed by atoms with Gasteiger partial charge in [0.15, 0.2) is 6.10 Å². The lowest BCUT2D eigenvalue weighted by atomic mass is 9.82. The minimum Gasteiger partial charge on any atom is -0.376 e. The second-order valence-electron chi connectivity index (χ2n) is 5.08. The molecular weight excluding hydrogens is 220 g/mol. The summed E-state index contributed by atoms with van der Waals surface area (Å²) in [6, 6.07) is 0. The molecule has 1 saturated carbocycles. The molecule has 98 valence electrons. The minimum atomic E-state index is -0.462. The molecule has 5 nitrogen and oxygen atoms in total. The van der Waals surface area contributed by atoms with Crippen LogP contribution in [0.5, 0.6) is 0 Å². The highest BCUT2D eigenvalue weighted by Gasteiger charge is 2.29. The van der Waals surface area contributed by atoms with Crippen molar-refractivity contribution in [3.05, 3.63) is 0 Å². The van der Waals surface area contributed by atoms with Crippen LogP contribution in [-0.4, -0.2) is 43.9 Å². The van der Waals surface area contributed by atoms with Crippen molar-refractivity contribution in [1.29, 1.82) is 0 Å². The van der Waals surface area contributed by atoms with Crippen LogP contribution in [0.3, 0.4) is 0 Å². The van der Waals surface area contributed by atoms with E-state index in [0.29, 0.717) is 26.4 Å². The quantitative estimate of drug-likeness (QED) is 0.740. The first-order valence-corrected chi connectivity index (χ1v) is 6.46. The third-order valence-electron chi connectivity index (χ3n) is 3.57. The van der Waals surface area contributed by atoms with Crippen LogP contribution in [0.4, 0.5) is 0 Å². The summed E-state index contributed by atoms with van der Waals surface area (Å²) < 4.78 is 10.5. The Labute approximate surface area is 102 Å². The van der Waals surface area contributed by atoms with Gasteiger partial charge >= 0.3 is 0 Å². The van der Waals surface area contributed by atoms with Crippen molar-refractivity contribution >= 4 is 5.91 Å². The van der Waals surface area contributed by atoms with Crippen LogP contribution in [0.15, 0.2) is 0 Å². The van der Waals surface area contributed by atoms with E-state index in [1.165, 1.54) is 6.42 Å². The Balaban J connectivity index is 1.74. The number of amides is 1. The number of hydrogen-bond donors (Lipinski definition) is 2. The zero-order valence-corrected chi connectivity index (χ0v) is 10.2. The lowest BCUT2D eigenvalue weighted by Crippen LogP contribution is -2.54. The van der Waals surface area contributed by atoms with Crippen molar-refractivity contribution in [3.63, 3.8) is 0 Å². The standard InChI is InChI=1S/C12H22N2O3/c13-12(4-2-1-3-5-12)9-14-11(15)10-8-16-6-7-17-10/h10H,1-9,13H2,(H,14,15). The van der Waals surface area contributed by atoms with Crippen molar-refractivity contribution in [3.8, 4) is 0 Å². The Kier molecular flexibility index (Phi) is 4.36. The van der Waals surface area contributed by atoms with Gasteiger partial charge in [-0.1, -0.05) is 19.3 Å². The van der Waals surface area contributed by atoms with Crippen LogP contribution in [0, 0.1) is 0 Å².